The molecule has 192 valence electrons. The van der Waals surface area contributed by atoms with Crippen molar-refractivity contribution in [2.24, 2.45) is 11.8 Å². The minimum atomic E-state index is -0.819. The van der Waals surface area contributed by atoms with Crippen LogP contribution in [0.2, 0.25) is 0 Å². The van der Waals surface area contributed by atoms with E-state index >= 15 is 0 Å². The number of amides is 1. The molecule has 2 aromatic rings. The number of aromatic hydroxyl groups is 1. The number of fused-ring (bicyclic) bond motifs is 2. The number of hydrogen-bond donors (Lipinski definition) is 1. The quantitative estimate of drug-likeness (QED) is 0.417. The second-order valence-corrected chi connectivity index (χ2v) is 12.1. The topological polar surface area (TPSA) is 85.6 Å². The van der Waals surface area contributed by atoms with Crippen LogP contribution < -0.4 is 5.43 Å². The van der Waals surface area contributed by atoms with Crippen molar-refractivity contribution < 1.29 is 28.3 Å². The van der Waals surface area contributed by atoms with Crippen molar-refractivity contribution in [3.8, 4) is 5.75 Å². The van der Waals surface area contributed by atoms with Gasteiger partial charge in [0.2, 0.25) is 5.43 Å². The molecule has 5 rings (SSSR count). The number of ketones is 1. The molecule has 0 aliphatic carbocycles. The van der Waals surface area contributed by atoms with E-state index < -0.39 is 17.1 Å². The Bertz CT molecular complexity index is 1320. The lowest BCUT2D eigenvalue weighted by atomic mass is 9.80. The van der Waals surface area contributed by atoms with E-state index in [2.05, 4.69) is 6.92 Å². The van der Waals surface area contributed by atoms with Crippen LogP contribution in [0.25, 0.3) is 0 Å². The van der Waals surface area contributed by atoms with Gasteiger partial charge in [-0.1, -0.05) is 19.1 Å². The molecule has 0 bridgehead atoms. The number of hydrogen-bond acceptors (Lipinski definition) is 5. The summed E-state index contributed by atoms with van der Waals surface area (Å²) in [4.78, 5) is 40.7. The van der Waals surface area contributed by atoms with E-state index in [1.807, 2.05) is 22.6 Å². The highest BCUT2D eigenvalue weighted by Gasteiger charge is 2.48. The van der Waals surface area contributed by atoms with Crippen molar-refractivity contribution in [3.63, 3.8) is 0 Å². The fourth-order valence-electron chi connectivity index (χ4n) is 6.33. The number of carbonyl (C=O) groups excluding carboxylic acids is 2. The fourth-order valence-corrected chi connectivity index (χ4v) is 6.89. The Balaban J connectivity index is 1.62. The number of ether oxygens (including phenoxy) is 1. The molecule has 0 saturated carbocycles. The lowest BCUT2D eigenvalue weighted by molar-refractivity contribution is -0.821. The summed E-state index contributed by atoms with van der Waals surface area (Å²) in [5.41, 5.74) is -0.0747. The second kappa shape index (κ2) is 9.33. The maximum atomic E-state index is 14.7. The highest BCUT2D eigenvalue weighted by atomic mass is 127. The molecule has 4 heterocycles. The zero-order valence-electron chi connectivity index (χ0n) is 20.7. The van der Waals surface area contributed by atoms with Gasteiger partial charge in [0.25, 0.3) is 0 Å². The fraction of sp³-hybridized carbons (Fsp3) is 0.519. The average molecular weight is 609 g/mol. The van der Waals surface area contributed by atoms with Crippen LogP contribution in [-0.4, -0.2) is 52.7 Å². The first-order valence-corrected chi connectivity index (χ1v) is 13.6. The molecule has 36 heavy (non-hydrogen) atoms. The van der Waals surface area contributed by atoms with Crippen LogP contribution in [0.1, 0.15) is 70.8 Å². The number of nitrogens with zero attached hydrogens (tertiary/aromatic N) is 2. The van der Waals surface area contributed by atoms with Crippen molar-refractivity contribution in [1.82, 2.24) is 4.57 Å². The maximum absolute atomic E-state index is 14.7. The molecule has 9 heteroatoms. The molecule has 1 fully saturated rings. The molecule has 3 aliphatic heterocycles. The SMILES string of the molecule is CC1CCCOC2C1CC(=O)c1c(O)c(=O)c(C(=O)[N+](C)(C)Cc3cccc(I)c3F)c3n1C2CC3. The number of rotatable bonds is 3. The minimum Gasteiger partial charge on any atom is -0.503 e. The number of Topliss-reactive ketones (excluding diaryl/α,β-unsaturated/α-hetero) is 1. The summed E-state index contributed by atoms with van der Waals surface area (Å²) < 4.78 is 22.9. The van der Waals surface area contributed by atoms with Crippen LogP contribution in [-0.2, 0) is 17.7 Å². The Kier molecular flexibility index (Phi) is 6.61. The molecule has 4 unspecified atom stereocenters. The van der Waals surface area contributed by atoms with Crippen LogP contribution >= 0.6 is 22.6 Å². The molecule has 0 radical (unpaired) electrons. The summed E-state index contributed by atoms with van der Waals surface area (Å²) in [7, 11) is 3.26. The van der Waals surface area contributed by atoms with Crippen LogP contribution in [0.3, 0.4) is 0 Å². The Labute approximate surface area is 223 Å². The average Bonchev–Trinajstić information content (AvgIpc) is 3.09. The third kappa shape index (κ3) is 4.03. The molecule has 1 aromatic carbocycles. The molecule has 1 aromatic heterocycles. The summed E-state index contributed by atoms with van der Waals surface area (Å²) >= 11 is 1.91. The van der Waals surface area contributed by atoms with Gasteiger partial charge in [-0.25, -0.2) is 9.18 Å². The van der Waals surface area contributed by atoms with Crippen molar-refractivity contribution >= 4 is 34.3 Å². The van der Waals surface area contributed by atoms with Crippen molar-refractivity contribution in [2.45, 2.75) is 57.7 Å². The Morgan fingerprint density at radius 3 is 2.78 bits per heavy atom. The van der Waals surface area contributed by atoms with Gasteiger partial charge in [0.15, 0.2) is 11.5 Å². The van der Waals surface area contributed by atoms with Crippen LogP contribution in [0, 0.1) is 21.2 Å². The van der Waals surface area contributed by atoms with Gasteiger partial charge in [-0.15, -0.1) is 0 Å². The summed E-state index contributed by atoms with van der Waals surface area (Å²) in [6.07, 6.45) is 2.92. The Morgan fingerprint density at radius 1 is 1.28 bits per heavy atom. The minimum absolute atomic E-state index is 0.00638. The first-order valence-electron chi connectivity index (χ1n) is 12.5. The monoisotopic (exact) mass is 609 g/mol. The molecule has 1 N–H and O–H groups in total. The largest absolute Gasteiger partial charge is 0.503 e. The standard InChI is InChI=1S/C27H30FIN2O5/c1-14-6-5-11-36-26-16(14)12-20(32)23-25(34)24(33)21(18-9-10-19(26)30(18)23)27(35)31(2,3)13-15-7-4-8-17(29)22(15)28/h4,7-8,14,16,19,26H,5-6,9-13H2,1-3H3/p+1. The highest BCUT2D eigenvalue weighted by Crippen LogP contribution is 2.45. The summed E-state index contributed by atoms with van der Waals surface area (Å²) in [5, 5.41) is 11.0. The van der Waals surface area contributed by atoms with E-state index in [0.717, 1.165) is 12.8 Å². The summed E-state index contributed by atoms with van der Waals surface area (Å²) in [6, 6.07) is 4.78. The van der Waals surface area contributed by atoms with E-state index in [9.17, 15) is 23.9 Å². The van der Waals surface area contributed by atoms with Gasteiger partial charge in [-0.2, -0.15) is 0 Å². The van der Waals surface area contributed by atoms with Crippen LogP contribution in [0.4, 0.5) is 4.39 Å². The lowest BCUT2D eigenvalue weighted by Crippen LogP contribution is -2.47. The van der Waals surface area contributed by atoms with Gasteiger partial charge >= 0.3 is 5.91 Å². The number of pyridine rings is 1. The van der Waals surface area contributed by atoms with Crippen molar-refractivity contribution in [2.75, 3.05) is 20.7 Å². The second-order valence-electron chi connectivity index (χ2n) is 10.9. The highest BCUT2D eigenvalue weighted by molar-refractivity contribution is 14.1. The molecule has 1 amide bonds. The molecule has 0 spiro atoms. The van der Waals surface area contributed by atoms with E-state index in [-0.39, 0.29) is 64.3 Å². The molecule has 4 atom stereocenters. The predicted molar refractivity (Wildman–Crippen MR) is 140 cm³/mol. The van der Waals surface area contributed by atoms with Gasteiger partial charge in [0.05, 0.1) is 26.2 Å². The van der Waals surface area contributed by atoms with Crippen LogP contribution in [0.5, 0.6) is 5.75 Å². The normalized spacial score (nSPS) is 25.6. The maximum Gasteiger partial charge on any atom is 0.351 e. The number of aromatic nitrogens is 1. The summed E-state index contributed by atoms with van der Waals surface area (Å²) in [6.45, 7) is 2.77. The van der Waals surface area contributed by atoms with Crippen molar-refractivity contribution in [1.29, 1.82) is 0 Å². The zero-order valence-corrected chi connectivity index (χ0v) is 22.9. The molecular formula is C27H31FIN2O5+. The van der Waals surface area contributed by atoms with E-state index in [0.29, 0.717) is 34.3 Å². The van der Waals surface area contributed by atoms with Gasteiger partial charge in [0, 0.05) is 27.9 Å². The lowest BCUT2D eigenvalue weighted by Gasteiger charge is -2.32. The first-order chi connectivity index (χ1) is 17.0. The third-order valence-electron chi connectivity index (χ3n) is 8.19. The number of halogens is 2. The van der Waals surface area contributed by atoms with E-state index in [1.54, 1.807) is 36.9 Å². The van der Waals surface area contributed by atoms with Crippen LogP contribution in [0.15, 0.2) is 23.0 Å². The first kappa shape index (κ1) is 25.5. The van der Waals surface area contributed by atoms with E-state index in [1.165, 1.54) is 0 Å². The zero-order chi connectivity index (χ0) is 25.9. The predicted octanol–water partition coefficient (Wildman–Crippen LogP) is 4.22. The van der Waals surface area contributed by atoms with Gasteiger partial charge < -0.3 is 14.4 Å². The molecular weight excluding hydrogens is 578 g/mol. The van der Waals surface area contributed by atoms with E-state index in [4.69, 9.17) is 4.74 Å². The van der Waals surface area contributed by atoms with Gasteiger partial charge in [0.1, 0.15) is 23.6 Å². The van der Waals surface area contributed by atoms with Gasteiger partial charge in [-0.05, 0) is 66.2 Å². The number of carbonyl (C=O) groups is 2. The summed E-state index contributed by atoms with van der Waals surface area (Å²) in [5.74, 6) is -1.59. The number of benzene rings is 1. The smallest absolute Gasteiger partial charge is 0.351 e. The third-order valence-corrected chi connectivity index (χ3v) is 9.02. The van der Waals surface area contributed by atoms with Gasteiger partial charge in [-0.3, -0.25) is 14.1 Å². The Morgan fingerprint density at radius 2 is 2.03 bits per heavy atom. The number of quaternary nitrogens is 1. The molecule has 3 aliphatic rings. The van der Waals surface area contributed by atoms with Crippen molar-refractivity contribution in [3.05, 3.63) is 60.3 Å². The molecule has 1 saturated heterocycles. The molecule has 7 nitrogen and oxygen atoms in total. The Hall–Kier alpha value is -2.11.